The Kier molecular flexibility index (Phi) is 6.64. The first kappa shape index (κ1) is 22.3. The molecule has 3 rings (SSSR count). The van der Waals surface area contributed by atoms with E-state index in [4.69, 9.17) is 14.6 Å². The number of benzene rings is 1. The molecule has 0 aliphatic rings. The van der Waals surface area contributed by atoms with Crippen LogP contribution in [0.1, 0.15) is 17.5 Å². The monoisotopic (exact) mass is 439 g/mol. The molecule has 31 heavy (non-hydrogen) atoms. The highest BCUT2D eigenvalue weighted by molar-refractivity contribution is 5.82. The zero-order chi connectivity index (χ0) is 22.6. The zero-order valence-electron chi connectivity index (χ0n) is 16.6. The third-order valence-electron chi connectivity index (χ3n) is 4.62. The summed E-state index contributed by atoms with van der Waals surface area (Å²) in [6.45, 7) is -0.0633. The smallest absolute Gasteiger partial charge is 0.418 e. The summed E-state index contributed by atoms with van der Waals surface area (Å²) in [6, 6.07) is 6.75. The molecule has 2 heterocycles. The molecule has 0 radical (unpaired) electrons. The molecule has 2 aromatic heterocycles. The lowest BCUT2D eigenvalue weighted by Crippen LogP contribution is -2.24. The van der Waals surface area contributed by atoms with Crippen LogP contribution in [-0.2, 0) is 28.8 Å². The minimum atomic E-state index is -4.73. The average Bonchev–Trinajstić information content (AvgIpc) is 3.10. The van der Waals surface area contributed by atoms with E-state index in [-0.39, 0.29) is 38.2 Å². The van der Waals surface area contributed by atoms with Crippen LogP contribution < -0.4 is 10.3 Å². The van der Waals surface area contributed by atoms with E-state index in [0.717, 1.165) is 10.9 Å². The van der Waals surface area contributed by atoms with Crippen LogP contribution in [0, 0.1) is 0 Å². The van der Waals surface area contributed by atoms with Gasteiger partial charge in [-0.15, -0.1) is 0 Å². The minimum absolute atomic E-state index is 0.000452. The molecule has 3 aromatic rings. The molecule has 0 aliphatic heterocycles. The molecule has 1 N–H and O–H groups in total. The number of methoxy groups -OCH3 is 1. The van der Waals surface area contributed by atoms with Gasteiger partial charge < -0.3 is 19.1 Å². The third kappa shape index (κ3) is 5.23. The molecule has 0 spiro atoms. The predicted molar refractivity (Wildman–Crippen MR) is 104 cm³/mol. The quantitative estimate of drug-likeness (QED) is 0.515. The fraction of sp³-hybridized carbons (Fsp3) is 0.350. The number of carbonyl (C=O) groups is 1. The SMILES string of the molecule is COc1ccc(Cn2ncc3c(c(C(F)(F)F)cn3CCOCCC(=O)O)c2=O)cc1. The number of aliphatic carboxylic acids is 1. The second-order valence-corrected chi connectivity index (χ2v) is 6.71. The predicted octanol–water partition coefficient (Wildman–Crippen LogP) is 2.76. The number of carboxylic acids is 1. The number of fused-ring (bicyclic) bond motifs is 1. The van der Waals surface area contributed by atoms with Gasteiger partial charge in [-0.2, -0.15) is 18.3 Å². The Morgan fingerprint density at radius 1 is 1.19 bits per heavy atom. The molecule has 1 aromatic carbocycles. The lowest BCUT2D eigenvalue weighted by molar-refractivity contribution is -0.138. The standard InChI is InChI=1S/C20H20F3N3O5/c1-30-14-4-2-13(3-5-14)11-26-19(29)18-15(20(21,22)23)12-25(16(18)10-24-26)7-9-31-8-6-17(27)28/h2-5,10,12H,6-9,11H2,1H3,(H,27,28). The number of rotatable bonds is 9. The summed E-state index contributed by atoms with van der Waals surface area (Å²) < 4.78 is 53.2. The number of carboxylic acid groups (broad SMARTS) is 1. The van der Waals surface area contributed by atoms with E-state index in [0.29, 0.717) is 11.3 Å². The molecule has 8 nitrogen and oxygen atoms in total. The van der Waals surface area contributed by atoms with Crippen LogP contribution in [0.15, 0.2) is 41.5 Å². The molecule has 0 unspecified atom stereocenters. The van der Waals surface area contributed by atoms with E-state index in [1.165, 1.54) is 17.9 Å². The highest BCUT2D eigenvalue weighted by Crippen LogP contribution is 2.34. The normalized spacial score (nSPS) is 11.7. The fourth-order valence-corrected chi connectivity index (χ4v) is 3.08. The van der Waals surface area contributed by atoms with E-state index < -0.39 is 28.7 Å². The molecule has 0 fully saturated rings. The van der Waals surface area contributed by atoms with Crippen LogP contribution in [0.25, 0.3) is 10.9 Å². The van der Waals surface area contributed by atoms with Crippen molar-refractivity contribution in [2.45, 2.75) is 25.7 Å². The van der Waals surface area contributed by atoms with Crippen molar-refractivity contribution in [3.63, 3.8) is 0 Å². The molecular weight excluding hydrogens is 419 g/mol. The number of hydrogen-bond acceptors (Lipinski definition) is 5. The van der Waals surface area contributed by atoms with Crippen LogP contribution in [0.2, 0.25) is 0 Å². The lowest BCUT2D eigenvalue weighted by atomic mass is 10.2. The molecule has 0 aliphatic carbocycles. The van der Waals surface area contributed by atoms with Gasteiger partial charge in [0, 0.05) is 12.7 Å². The van der Waals surface area contributed by atoms with E-state index in [1.807, 2.05) is 0 Å². The summed E-state index contributed by atoms with van der Waals surface area (Å²) in [7, 11) is 1.51. The Morgan fingerprint density at radius 2 is 1.90 bits per heavy atom. The van der Waals surface area contributed by atoms with Crippen molar-refractivity contribution < 1.29 is 32.5 Å². The Morgan fingerprint density at radius 3 is 2.52 bits per heavy atom. The summed E-state index contributed by atoms with van der Waals surface area (Å²) in [4.78, 5) is 23.3. The maximum Gasteiger partial charge on any atom is 0.418 e. The Bertz CT molecular complexity index is 1120. The molecule has 166 valence electrons. The maximum absolute atomic E-state index is 13.6. The lowest BCUT2D eigenvalue weighted by Gasteiger charge is -2.08. The van der Waals surface area contributed by atoms with Gasteiger partial charge in [0.25, 0.3) is 5.56 Å². The second-order valence-electron chi connectivity index (χ2n) is 6.71. The molecule has 0 amide bonds. The second kappa shape index (κ2) is 9.21. The molecule has 0 bridgehead atoms. The molecule has 0 saturated carbocycles. The van der Waals surface area contributed by atoms with Crippen molar-refractivity contribution in [1.82, 2.24) is 14.3 Å². The molecule has 0 atom stereocenters. The summed E-state index contributed by atoms with van der Waals surface area (Å²) >= 11 is 0. The van der Waals surface area contributed by atoms with Crippen LogP contribution in [0.5, 0.6) is 5.75 Å². The largest absolute Gasteiger partial charge is 0.497 e. The van der Waals surface area contributed by atoms with Crippen molar-refractivity contribution in [3.05, 3.63) is 58.1 Å². The average molecular weight is 439 g/mol. The van der Waals surface area contributed by atoms with Crippen molar-refractivity contribution in [2.24, 2.45) is 0 Å². The number of halogens is 3. The van der Waals surface area contributed by atoms with Crippen LogP contribution in [0.3, 0.4) is 0 Å². The minimum Gasteiger partial charge on any atom is -0.497 e. The van der Waals surface area contributed by atoms with Gasteiger partial charge in [-0.25, -0.2) is 4.68 Å². The van der Waals surface area contributed by atoms with Crippen LogP contribution in [0.4, 0.5) is 13.2 Å². The number of alkyl halides is 3. The topological polar surface area (TPSA) is 95.6 Å². The Balaban J connectivity index is 1.91. The van der Waals surface area contributed by atoms with E-state index in [9.17, 15) is 22.8 Å². The van der Waals surface area contributed by atoms with Crippen molar-refractivity contribution in [3.8, 4) is 5.75 Å². The van der Waals surface area contributed by atoms with Gasteiger partial charge in [-0.3, -0.25) is 9.59 Å². The molecule has 0 saturated heterocycles. The summed E-state index contributed by atoms with van der Waals surface area (Å²) in [5.41, 5.74) is -1.20. The van der Waals surface area contributed by atoms with Crippen LogP contribution in [-0.4, -0.2) is 45.7 Å². The number of nitrogens with zero attached hydrogens (tertiary/aromatic N) is 3. The van der Waals surface area contributed by atoms with E-state index in [1.54, 1.807) is 24.3 Å². The highest BCUT2D eigenvalue weighted by atomic mass is 19.4. The van der Waals surface area contributed by atoms with Gasteiger partial charge in [0.05, 0.1) is 56.0 Å². The molecule has 11 heteroatoms. The number of hydrogen-bond donors (Lipinski definition) is 1. The van der Waals surface area contributed by atoms with E-state index >= 15 is 0 Å². The van der Waals surface area contributed by atoms with Crippen LogP contribution >= 0.6 is 0 Å². The summed E-state index contributed by atoms with van der Waals surface area (Å²) in [5.74, 6) is -0.422. The zero-order valence-corrected chi connectivity index (χ0v) is 16.6. The van der Waals surface area contributed by atoms with Gasteiger partial charge in [-0.1, -0.05) is 12.1 Å². The van der Waals surface area contributed by atoms with Gasteiger partial charge in [-0.05, 0) is 17.7 Å². The van der Waals surface area contributed by atoms with Gasteiger partial charge >= 0.3 is 12.1 Å². The van der Waals surface area contributed by atoms with Gasteiger partial charge in [0.2, 0.25) is 0 Å². The van der Waals surface area contributed by atoms with Crippen molar-refractivity contribution in [2.75, 3.05) is 20.3 Å². The maximum atomic E-state index is 13.6. The van der Waals surface area contributed by atoms with E-state index in [2.05, 4.69) is 5.10 Å². The summed E-state index contributed by atoms with van der Waals surface area (Å²) in [6.07, 6.45) is -2.87. The highest BCUT2D eigenvalue weighted by Gasteiger charge is 2.36. The number of ether oxygens (including phenoxy) is 2. The third-order valence-corrected chi connectivity index (χ3v) is 4.62. The van der Waals surface area contributed by atoms with Crippen molar-refractivity contribution in [1.29, 1.82) is 0 Å². The number of aromatic nitrogens is 3. The first-order valence-corrected chi connectivity index (χ1v) is 9.29. The van der Waals surface area contributed by atoms with Crippen molar-refractivity contribution >= 4 is 16.9 Å². The fourth-order valence-electron chi connectivity index (χ4n) is 3.08. The summed E-state index contributed by atoms with van der Waals surface area (Å²) in [5, 5.41) is 12.2. The van der Waals surface area contributed by atoms with Gasteiger partial charge in [0.1, 0.15) is 5.75 Å². The first-order valence-electron chi connectivity index (χ1n) is 9.29. The molecular formula is C20H20F3N3O5. The Hall–Kier alpha value is -3.34. The van der Waals surface area contributed by atoms with Gasteiger partial charge in [0.15, 0.2) is 0 Å². The first-order chi connectivity index (χ1) is 14.7. The Labute approximate surface area is 174 Å².